The maximum Gasteiger partial charge on any atom is 0.335 e. The van der Waals surface area contributed by atoms with Crippen molar-refractivity contribution in [1.29, 1.82) is 0 Å². The van der Waals surface area contributed by atoms with E-state index in [4.69, 9.17) is 19.3 Å². The molecule has 0 radical (unpaired) electrons. The van der Waals surface area contributed by atoms with Gasteiger partial charge in [0.1, 0.15) is 24.1 Å². The zero-order valence-corrected chi connectivity index (χ0v) is 21.3. The molecule has 1 fully saturated rings. The molecule has 1 aliphatic heterocycles. The summed E-state index contributed by atoms with van der Waals surface area (Å²) in [5.74, 6) is -1.61. The van der Waals surface area contributed by atoms with Crippen molar-refractivity contribution in [2.24, 2.45) is 0 Å². The Morgan fingerprint density at radius 2 is 1.64 bits per heavy atom. The van der Waals surface area contributed by atoms with Crippen molar-refractivity contribution in [2.45, 2.75) is 65.3 Å². The number of carboxylic acid groups (broad SMARTS) is 1. The van der Waals surface area contributed by atoms with E-state index in [1.807, 2.05) is 45.1 Å². The molecule has 36 heavy (non-hydrogen) atoms. The Kier molecular flexibility index (Phi) is 10.2. The molecule has 1 heterocycles. The van der Waals surface area contributed by atoms with E-state index in [0.717, 1.165) is 39.7 Å². The number of carbonyl (C=O) groups is 2. The van der Waals surface area contributed by atoms with E-state index in [-0.39, 0.29) is 0 Å². The molecule has 9 nitrogen and oxygen atoms in total. The monoisotopic (exact) mass is 502 g/mol. The summed E-state index contributed by atoms with van der Waals surface area (Å²) in [4.78, 5) is 23.3. The molecule has 196 valence electrons. The average molecular weight is 503 g/mol. The Morgan fingerprint density at radius 1 is 0.972 bits per heavy atom. The van der Waals surface area contributed by atoms with Crippen molar-refractivity contribution in [1.82, 2.24) is 0 Å². The van der Waals surface area contributed by atoms with Gasteiger partial charge in [0.15, 0.2) is 6.10 Å². The van der Waals surface area contributed by atoms with E-state index in [1.165, 1.54) is 0 Å². The third kappa shape index (κ3) is 7.14. The minimum Gasteiger partial charge on any atom is -0.496 e. The minimum absolute atomic E-state index is 0.520. The van der Waals surface area contributed by atoms with Crippen molar-refractivity contribution in [3.63, 3.8) is 0 Å². The molecule has 0 aliphatic carbocycles. The fraction of sp³-hybridized carbons (Fsp3) is 0.407. The van der Waals surface area contributed by atoms with E-state index < -0.39 is 42.6 Å². The van der Waals surface area contributed by atoms with Crippen LogP contribution in [0.2, 0.25) is 0 Å². The molecule has 4 N–H and O–H groups in total. The molecular formula is C27H34O9. The first-order valence-corrected chi connectivity index (χ1v) is 11.4. The van der Waals surface area contributed by atoms with E-state index in [9.17, 15) is 24.9 Å². The van der Waals surface area contributed by atoms with E-state index in [1.54, 1.807) is 26.2 Å². The molecule has 0 aromatic heterocycles. The zero-order valence-electron chi connectivity index (χ0n) is 21.3. The van der Waals surface area contributed by atoms with Gasteiger partial charge in [0.25, 0.3) is 0 Å². The lowest BCUT2D eigenvalue weighted by Crippen LogP contribution is -2.60. The summed E-state index contributed by atoms with van der Waals surface area (Å²) in [5.41, 5.74) is 5.96. The number of esters is 1. The van der Waals surface area contributed by atoms with Crippen LogP contribution in [0.5, 0.6) is 5.75 Å². The number of allylic oxidation sites excluding steroid dienone is 6. The van der Waals surface area contributed by atoms with Crippen molar-refractivity contribution in [3.8, 4) is 5.75 Å². The van der Waals surface area contributed by atoms with Crippen LogP contribution in [-0.2, 0) is 19.1 Å². The Morgan fingerprint density at radius 3 is 2.25 bits per heavy atom. The molecular weight excluding hydrogens is 468 g/mol. The van der Waals surface area contributed by atoms with Crippen LogP contribution in [0.15, 0.2) is 47.6 Å². The van der Waals surface area contributed by atoms with Gasteiger partial charge in [0.2, 0.25) is 6.29 Å². The number of benzene rings is 1. The van der Waals surface area contributed by atoms with Gasteiger partial charge in [-0.15, -0.1) is 0 Å². The van der Waals surface area contributed by atoms with Gasteiger partial charge in [0.05, 0.1) is 7.11 Å². The van der Waals surface area contributed by atoms with Gasteiger partial charge in [-0.2, -0.15) is 0 Å². The number of aliphatic hydroxyl groups excluding tert-OH is 3. The predicted molar refractivity (Wildman–Crippen MR) is 133 cm³/mol. The summed E-state index contributed by atoms with van der Waals surface area (Å²) in [5, 5.41) is 38.5. The van der Waals surface area contributed by atoms with Gasteiger partial charge >= 0.3 is 11.9 Å². The van der Waals surface area contributed by atoms with Gasteiger partial charge in [-0.05, 0) is 68.5 Å². The van der Waals surface area contributed by atoms with Crippen LogP contribution >= 0.6 is 0 Å². The summed E-state index contributed by atoms with van der Waals surface area (Å²) >= 11 is 0. The predicted octanol–water partition coefficient (Wildman–Crippen LogP) is 2.52. The topological polar surface area (TPSA) is 143 Å². The van der Waals surface area contributed by atoms with Gasteiger partial charge < -0.3 is 34.6 Å². The fourth-order valence-electron chi connectivity index (χ4n) is 3.69. The van der Waals surface area contributed by atoms with E-state index in [0.29, 0.717) is 5.57 Å². The van der Waals surface area contributed by atoms with Gasteiger partial charge in [0, 0.05) is 6.08 Å². The maximum absolute atomic E-state index is 12.2. The number of aryl methyl sites for hydroxylation is 1. The number of aliphatic hydroxyl groups is 3. The van der Waals surface area contributed by atoms with Crippen LogP contribution in [0.1, 0.15) is 36.1 Å². The van der Waals surface area contributed by atoms with Crippen molar-refractivity contribution in [3.05, 3.63) is 69.8 Å². The molecule has 5 atom stereocenters. The van der Waals surface area contributed by atoms with Crippen LogP contribution in [0.25, 0.3) is 6.08 Å². The lowest BCUT2D eigenvalue weighted by atomic mass is 9.96. The molecule has 2 rings (SSSR count). The standard InChI is InChI=1S/C27H34O9/c1-14(10-11-19-16(3)13-20(34-6)18(5)17(19)4)8-7-9-15(2)12-21(28)35-27-24(31)22(29)23(30)25(36-27)26(32)33/h7-13,22-25,27,29-31H,1-6H3,(H,32,33)/b9-7+,11-10+,14-8+,15-12-/t22-,23-,24-,25-,27+/m0/s1. The fourth-order valence-corrected chi connectivity index (χ4v) is 3.69. The second-order valence-electron chi connectivity index (χ2n) is 8.72. The second kappa shape index (κ2) is 12.6. The lowest BCUT2D eigenvalue weighted by Gasteiger charge is -2.37. The lowest BCUT2D eigenvalue weighted by molar-refractivity contribution is -0.284. The third-order valence-corrected chi connectivity index (χ3v) is 5.95. The summed E-state index contributed by atoms with van der Waals surface area (Å²) in [6, 6.07) is 2.01. The Balaban J connectivity index is 2.03. The first-order valence-electron chi connectivity index (χ1n) is 11.4. The van der Waals surface area contributed by atoms with Gasteiger partial charge in [-0.25, -0.2) is 9.59 Å². The zero-order chi connectivity index (χ0) is 27.2. The van der Waals surface area contributed by atoms with Crippen molar-refractivity contribution in [2.75, 3.05) is 7.11 Å². The molecule has 0 bridgehead atoms. The van der Waals surface area contributed by atoms with Crippen LogP contribution in [0, 0.1) is 20.8 Å². The van der Waals surface area contributed by atoms with Crippen molar-refractivity contribution >= 4 is 18.0 Å². The second-order valence-corrected chi connectivity index (χ2v) is 8.72. The first-order chi connectivity index (χ1) is 16.9. The number of hydrogen-bond acceptors (Lipinski definition) is 8. The molecule has 1 aromatic carbocycles. The van der Waals surface area contributed by atoms with Crippen LogP contribution in [0.3, 0.4) is 0 Å². The molecule has 0 unspecified atom stereocenters. The highest BCUT2D eigenvalue weighted by Gasteiger charge is 2.48. The molecule has 1 aromatic rings. The number of carbonyl (C=O) groups excluding carboxylic acids is 1. The number of ether oxygens (including phenoxy) is 3. The summed E-state index contributed by atoms with van der Waals surface area (Å²) in [7, 11) is 1.66. The summed E-state index contributed by atoms with van der Waals surface area (Å²) in [6.07, 6.45) is 1.34. The Labute approximate surface area is 210 Å². The van der Waals surface area contributed by atoms with Crippen molar-refractivity contribution < 1.29 is 44.2 Å². The molecule has 0 saturated carbocycles. The van der Waals surface area contributed by atoms with Crippen LogP contribution < -0.4 is 4.74 Å². The number of rotatable bonds is 8. The molecule has 0 spiro atoms. The SMILES string of the molecule is COc1cc(C)c(/C=C/C(C)=C/C=C/C(C)=C\C(=O)O[C@@H]2O[C@H](C(=O)O)[C@@H](O)[C@H](O)[C@@H]2O)c(C)c1C. The van der Waals surface area contributed by atoms with Gasteiger partial charge in [-0.1, -0.05) is 36.0 Å². The molecule has 1 aliphatic rings. The average Bonchev–Trinajstić information content (AvgIpc) is 2.81. The summed E-state index contributed by atoms with van der Waals surface area (Å²) < 4.78 is 15.3. The normalized spacial score (nSPS) is 25.4. The van der Waals surface area contributed by atoms with Crippen LogP contribution in [-0.4, -0.2) is 70.2 Å². The smallest absolute Gasteiger partial charge is 0.335 e. The van der Waals surface area contributed by atoms with Gasteiger partial charge in [-0.3, -0.25) is 0 Å². The highest BCUT2D eigenvalue weighted by molar-refractivity contribution is 5.83. The summed E-state index contributed by atoms with van der Waals surface area (Å²) in [6.45, 7) is 9.70. The third-order valence-electron chi connectivity index (χ3n) is 5.95. The minimum atomic E-state index is -1.86. The highest BCUT2D eigenvalue weighted by Crippen LogP contribution is 2.28. The first kappa shape index (κ1) is 29.0. The number of aliphatic carboxylic acids is 1. The number of carboxylic acids is 1. The maximum atomic E-state index is 12.2. The largest absolute Gasteiger partial charge is 0.496 e. The Bertz CT molecular complexity index is 1100. The molecule has 1 saturated heterocycles. The Hall–Kier alpha value is -3.24. The van der Waals surface area contributed by atoms with Crippen LogP contribution in [0.4, 0.5) is 0 Å². The molecule has 0 amide bonds. The van der Waals surface area contributed by atoms with E-state index in [2.05, 4.69) is 6.92 Å². The quantitative estimate of drug-likeness (QED) is 0.240. The molecule has 9 heteroatoms. The number of methoxy groups -OCH3 is 1. The van der Waals surface area contributed by atoms with E-state index >= 15 is 0 Å². The number of hydrogen-bond donors (Lipinski definition) is 4. The highest BCUT2D eigenvalue weighted by atomic mass is 16.7.